The number of hydrogen-bond acceptors (Lipinski definition) is 23. The summed E-state index contributed by atoms with van der Waals surface area (Å²) in [7, 11) is 0. The molecule has 50 heteroatoms. The van der Waals surface area contributed by atoms with E-state index in [0.717, 1.165) is 26.1 Å². The summed E-state index contributed by atoms with van der Waals surface area (Å²) in [6.45, 7) is 18.4. The predicted molar refractivity (Wildman–Crippen MR) is 494 cm³/mol. The second kappa shape index (κ2) is 54.4. The number of guanidine groups is 8. The zero-order chi connectivity index (χ0) is 96.1. The van der Waals surface area contributed by atoms with Gasteiger partial charge in [-0.15, -0.1) is 0 Å². The third-order valence-electron chi connectivity index (χ3n) is 19.3. The normalized spacial score (nSPS) is 13.2. The molecule has 1 aromatic heterocycles. The maximum absolute atomic E-state index is 15.1. The number of benzene rings is 2. The van der Waals surface area contributed by atoms with Gasteiger partial charge < -0.3 is 162 Å². The zero-order valence-electron chi connectivity index (χ0n) is 74.8. The van der Waals surface area contributed by atoms with Crippen molar-refractivity contribution >= 4 is 150 Å². The van der Waals surface area contributed by atoms with E-state index in [9.17, 15) is 28.8 Å². The first-order chi connectivity index (χ1) is 59.9. The van der Waals surface area contributed by atoms with Gasteiger partial charge in [0.1, 0.15) is 70.6 Å². The van der Waals surface area contributed by atoms with Gasteiger partial charge in [0, 0.05) is 89.0 Å². The summed E-state index contributed by atoms with van der Waals surface area (Å²) in [4.78, 5) is 150. The maximum Gasteiger partial charge on any atom is 0.408 e. The average molecular weight is 1820 g/mol. The molecule has 0 aliphatic rings. The summed E-state index contributed by atoms with van der Waals surface area (Å²) in [6, 6.07) is -0.478. The van der Waals surface area contributed by atoms with Gasteiger partial charge in [0.05, 0.1) is 11.1 Å². The molecule has 1 heterocycles. The molecule has 0 radical (unpaired) electrons. The molecule has 3 aromatic rings. The van der Waals surface area contributed by atoms with Crippen LogP contribution in [-0.4, -0.2) is 248 Å². The van der Waals surface area contributed by atoms with Crippen LogP contribution in [0.4, 0.5) is 21.0 Å². The van der Waals surface area contributed by atoms with Crippen molar-refractivity contribution in [3.63, 3.8) is 0 Å². The van der Waals surface area contributed by atoms with Gasteiger partial charge in [0.2, 0.25) is 58.6 Å². The molecule has 0 saturated heterocycles. The average Bonchev–Trinajstić information content (AvgIpc) is 0.782. The highest BCUT2D eigenvalue weighted by Crippen LogP contribution is 2.33. The van der Waals surface area contributed by atoms with Gasteiger partial charge in [0.25, 0.3) is 9.40 Å². The van der Waals surface area contributed by atoms with E-state index < -0.39 is 166 Å². The lowest BCUT2D eigenvalue weighted by molar-refractivity contribution is -0.136. The molecule has 8 atom stereocenters. The topological polar surface area (TPSA) is 842 Å². The Morgan fingerprint density at radius 2 is 0.555 bits per heavy atom. The van der Waals surface area contributed by atoms with Crippen LogP contribution in [0.3, 0.4) is 0 Å². The number of nitrogens with zero attached hydrogens (tertiary/aromatic N) is 1. The number of nitrogens with two attached hydrogens (primary N) is 8. The number of amides is 10. The van der Waals surface area contributed by atoms with E-state index in [1.165, 1.54) is 11.3 Å². The van der Waals surface area contributed by atoms with Crippen molar-refractivity contribution in [3.05, 3.63) is 36.4 Å². The summed E-state index contributed by atoms with van der Waals surface area (Å²) < 4.78 is 12.5. The number of rotatable bonds is 56. The van der Waals surface area contributed by atoms with Crippen LogP contribution in [0.5, 0.6) is 0 Å². The van der Waals surface area contributed by atoms with Crippen LogP contribution >= 0.6 is 11.3 Å². The van der Waals surface area contributed by atoms with E-state index in [4.69, 9.17) is 104 Å². The number of fused-ring (bicyclic) bond motifs is 2. The Bertz CT molecular complexity index is 4290. The molecule has 714 valence electrons. The quantitative estimate of drug-likeness (QED) is 0.00889. The Morgan fingerprint density at radius 1 is 0.312 bits per heavy atom. The largest absolute Gasteiger partial charge is 0.444 e. The lowest BCUT2D eigenvalue weighted by Crippen LogP contribution is -2.64. The lowest BCUT2D eigenvalue weighted by atomic mass is 9.81. The number of alkyl carbamates (subject to hydrolysis) is 2. The number of carbonyl (C=O) groups is 10. The van der Waals surface area contributed by atoms with Crippen molar-refractivity contribution in [1.82, 2.24) is 101 Å². The minimum absolute atomic E-state index is 0.00759. The fourth-order valence-corrected chi connectivity index (χ4v) is 13.4. The molecule has 3 rings (SSSR count). The Labute approximate surface area is 749 Å². The Morgan fingerprint density at radius 3 is 0.820 bits per heavy atom. The summed E-state index contributed by atoms with van der Waals surface area (Å²) >= 11 is 1.51. The molecule has 2 aromatic carbocycles. The van der Waals surface area contributed by atoms with Gasteiger partial charge in [-0.3, -0.25) is 81.6 Å². The lowest BCUT2D eigenvalue weighted by Gasteiger charge is -2.44. The van der Waals surface area contributed by atoms with Gasteiger partial charge in [-0.25, -0.2) is 14.6 Å². The van der Waals surface area contributed by atoms with Crippen molar-refractivity contribution in [2.75, 3.05) is 76.1 Å². The summed E-state index contributed by atoms with van der Waals surface area (Å²) in [5, 5.41) is 117. The molecule has 0 fully saturated rings. The fraction of sp³-hybridized carbons (Fsp3) is 0.615. The molecule has 44 N–H and O–H groups in total. The Hall–Kier alpha value is -13.5. The van der Waals surface area contributed by atoms with Crippen molar-refractivity contribution in [2.24, 2.45) is 45.9 Å². The number of aromatic nitrogens is 1. The molecule has 10 amide bonds. The van der Waals surface area contributed by atoms with E-state index in [2.05, 4.69) is 106 Å². The second-order valence-corrected chi connectivity index (χ2v) is 34.4. The van der Waals surface area contributed by atoms with E-state index in [1.54, 1.807) is 55.4 Å². The zero-order valence-corrected chi connectivity index (χ0v) is 75.7. The van der Waals surface area contributed by atoms with E-state index in [0.29, 0.717) is 18.8 Å². The van der Waals surface area contributed by atoms with Gasteiger partial charge in [-0.05, 0) is 196 Å². The predicted octanol–water partition coefficient (Wildman–Crippen LogP) is -2.85. The van der Waals surface area contributed by atoms with Crippen molar-refractivity contribution in [3.8, 4) is 0 Å². The molecule has 49 nitrogen and oxygen atoms in total. The molecule has 0 spiro atoms. The first-order valence-corrected chi connectivity index (χ1v) is 43.0. The van der Waals surface area contributed by atoms with Crippen LogP contribution in [0.1, 0.15) is 172 Å². The SMILES string of the molecule is CC(C)(C)OC(=O)NCCNc1ccc2nc3ccc(NC(C)(C)C(C)(C)NC(=O)[C@H](CCCNC(=N)N)NC(=O)[C@H](CCCNC(=N)N)NC(=O)[C@H](CCCNC(=N)N)NC(=O)[C@H](CCCNC(=N)N)NC(=O)[C@H](CCCNC(=N)N)NC(=O)[C@H](CCCNC(=N)N)NC(=O)[C@H](CCCNC(=N)N)NC(=O)[C@H](CCCNC(=N)N)NC(=O)OC(C)(C)C)cc3[s+]c2c1. The molecular formula is C78H140N37O12S+. The molecule has 0 aliphatic carbocycles. The van der Waals surface area contributed by atoms with E-state index >= 15 is 19.2 Å². The second-order valence-electron chi connectivity index (χ2n) is 33.3. The third-order valence-corrected chi connectivity index (χ3v) is 20.4. The van der Waals surface area contributed by atoms with Crippen LogP contribution in [0, 0.1) is 43.3 Å². The molecule has 0 bridgehead atoms. The maximum atomic E-state index is 15.1. The molecule has 128 heavy (non-hydrogen) atoms. The standard InChI is InChI=1S/C78H139N37O12S/c1-75(2,3)126-73(124)104-40-39-95-43-27-29-45-55(41-43)128-56-42-44(28-30-46(56)105-45)114-77(7,8)78(9,10)115-64(123)54(26-18-38-103-72(93)94)112-62(121)52(24-16-36-101-70(89)90)110-60(119)50(22-14-34-99-68(85)86)108-58(117)48(20-12-32-97-66(81)82)106-57(116)47(19-11-31-96-65(79)80)107-59(118)49(21-13-33-98-67(83)84)109-61(120)51(23-15-35-100-69(87)88)111-63(122)53(25-17-37-102-71(91)92)113-74(125)127-76(4,5)6/h27-30,41-42,47-54,95,114H,11-26,31-40H2,1-10H3,(H41-,79,80,81,82,83,84,85,86,87,88,89,90,91,92,93,94,96,97,98,99,100,101,102,103,104,106,107,108,109,110,111,112,113,115,116,117,118,119,120,121,122,123,124,125)/p+1/t47-,48-,49-,50-,51-,52-,53-,54-/m0/s1. The monoisotopic (exact) mass is 1820 g/mol. The highest BCUT2D eigenvalue weighted by atomic mass is 32.1. The van der Waals surface area contributed by atoms with Crippen LogP contribution in [-0.2, 0) is 47.8 Å². The van der Waals surface area contributed by atoms with Crippen molar-refractivity contribution in [1.29, 1.82) is 43.3 Å². The first-order valence-electron chi connectivity index (χ1n) is 42.2. The summed E-state index contributed by atoms with van der Waals surface area (Å²) in [5.74, 6) is -10.5. The first kappa shape index (κ1) is 109. The molecule has 0 unspecified atom stereocenters. The number of ether oxygens (including phenoxy) is 2. The minimum Gasteiger partial charge on any atom is -0.444 e. The number of nitrogens with one attached hydrogen (secondary N) is 28. The highest BCUT2D eigenvalue weighted by Gasteiger charge is 2.42. The van der Waals surface area contributed by atoms with Crippen molar-refractivity contribution in [2.45, 2.75) is 243 Å². The van der Waals surface area contributed by atoms with Crippen LogP contribution in [0.25, 0.3) is 20.4 Å². The van der Waals surface area contributed by atoms with Gasteiger partial charge >= 0.3 is 12.2 Å². The third kappa shape index (κ3) is 44.9. The van der Waals surface area contributed by atoms with Gasteiger partial charge in [-0.2, -0.15) is 0 Å². The van der Waals surface area contributed by atoms with Gasteiger partial charge in [0.15, 0.2) is 47.7 Å². The Balaban J connectivity index is 2.11. The van der Waals surface area contributed by atoms with E-state index in [-0.39, 0.29) is 167 Å². The number of hydrogen-bond donors (Lipinski definition) is 36. The smallest absolute Gasteiger partial charge is 0.408 e. The summed E-state index contributed by atoms with van der Waals surface area (Å²) in [5.41, 5.74) is 44.1. The van der Waals surface area contributed by atoms with Crippen LogP contribution in [0.2, 0.25) is 0 Å². The molecule has 0 saturated carbocycles. The molecular weight excluding hydrogens is 1680 g/mol. The number of anilines is 2. The summed E-state index contributed by atoms with van der Waals surface area (Å²) in [6.07, 6.45) is -2.21. The minimum atomic E-state index is -1.60. The fourth-order valence-electron chi connectivity index (χ4n) is 12.3. The highest BCUT2D eigenvalue weighted by molar-refractivity contribution is 7.24. The van der Waals surface area contributed by atoms with Crippen LogP contribution < -0.4 is 152 Å². The molecule has 0 aliphatic heterocycles. The number of carbonyl (C=O) groups excluding carboxylic acids is 10. The van der Waals surface area contributed by atoms with E-state index in [1.807, 2.05) is 50.2 Å². The van der Waals surface area contributed by atoms with Gasteiger partial charge in [-0.1, -0.05) is 0 Å². The Kier molecular flexibility index (Phi) is 46.2. The van der Waals surface area contributed by atoms with Crippen molar-refractivity contribution < 1.29 is 57.4 Å². The van der Waals surface area contributed by atoms with Crippen LogP contribution in [0.15, 0.2) is 36.4 Å².